The molecule has 3 aromatic heterocycles. The van der Waals surface area contributed by atoms with Crippen LogP contribution >= 0.6 is 11.5 Å². The first-order valence-corrected chi connectivity index (χ1v) is 9.32. The first kappa shape index (κ1) is 19.5. The van der Waals surface area contributed by atoms with Crippen LogP contribution in [0, 0.1) is 6.92 Å². The number of aryl methyl sites for hydroxylation is 1. The molecule has 146 valence electrons. The summed E-state index contributed by atoms with van der Waals surface area (Å²) in [5.74, 6) is 2.17. The molecule has 0 aliphatic carbocycles. The Hall–Kier alpha value is -3.27. The average Bonchev–Trinajstić information content (AvgIpc) is 3.12. The predicted octanol–water partition coefficient (Wildman–Crippen LogP) is 3.55. The minimum absolute atomic E-state index is 0.0877. The third-order valence-corrected chi connectivity index (χ3v) is 4.09. The van der Waals surface area contributed by atoms with Crippen LogP contribution in [-0.4, -0.2) is 38.6 Å². The fourth-order valence-electron chi connectivity index (χ4n) is 2.23. The van der Waals surface area contributed by atoms with Gasteiger partial charge in [0.15, 0.2) is 11.6 Å². The van der Waals surface area contributed by atoms with Crippen LogP contribution in [0.5, 0.6) is 11.5 Å². The molecule has 9 nitrogen and oxygen atoms in total. The molecule has 3 rings (SSSR count). The fraction of sp³-hybridized carbons (Fsp3) is 0.278. The van der Waals surface area contributed by atoms with Crippen LogP contribution in [0.3, 0.4) is 0 Å². The van der Waals surface area contributed by atoms with Gasteiger partial charge in [-0.25, -0.2) is 14.8 Å². The molecule has 28 heavy (non-hydrogen) atoms. The summed E-state index contributed by atoms with van der Waals surface area (Å²) in [6.45, 7) is 5.77. The molecule has 0 fully saturated rings. The summed E-state index contributed by atoms with van der Waals surface area (Å²) in [6, 6.07) is 5.37. The highest BCUT2D eigenvalue weighted by Crippen LogP contribution is 2.26. The second-order valence-corrected chi connectivity index (χ2v) is 6.82. The molecule has 0 radical (unpaired) electrons. The van der Waals surface area contributed by atoms with Crippen molar-refractivity contribution in [1.29, 1.82) is 0 Å². The fourth-order valence-corrected chi connectivity index (χ4v) is 2.80. The Kier molecular flexibility index (Phi) is 5.99. The van der Waals surface area contributed by atoms with Crippen molar-refractivity contribution < 1.29 is 14.3 Å². The van der Waals surface area contributed by atoms with Crippen molar-refractivity contribution >= 4 is 28.6 Å². The van der Waals surface area contributed by atoms with Gasteiger partial charge in [0.05, 0.1) is 18.5 Å². The first-order valence-electron chi connectivity index (χ1n) is 8.54. The van der Waals surface area contributed by atoms with E-state index in [2.05, 4.69) is 30.0 Å². The lowest BCUT2D eigenvalue weighted by atomic mass is 10.3. The van der Waals surface area contributed by atoms with Crippen molar-refractivity contribution in [2.75, 3.05) is 12.4 Å². The molecule has 0 aliphatic rings. The van der Waals surface area contributed by atoms with Gasteiger partial charge in [0, 0.05) is 18.6 Å². The van der Waals surface area contributed by atoms with E-state index in [9.17, 15) is 4.79 Å². The van der Waals surface area contributed by atoms with Crippen molar-refractivity contribution in [3.8, 4) is 23.0 Å². The first-order chi connectivity index (χ1) is 13.4. The number of carbonyl (C=O) groups excluding carboxylic acids is 1. The molecule has 2 N–H and O–H groups in total. The van der Waals surface area contributed by atoms with Crippen LogP contribution in [0.25, 0.3) is 11.5 Å². The minimum atomic E-state index is -0.548. The number of rotatable bonds is 6. The number of anilines is 2. The smallest absolute Gasteiger partial charge is 0.412 e. The van der Waals surface area contributed by atoms with Gasteiger partial charge in [0.1, 0.15) is 17.3 Å². The average molecular weight is 400 g/mol. The zero-order valence-corrected chi connectivity index (χ0v) is 16.7. The van der Waals surface area contributed by atoms with Crippen molar-refractivity contribution in [2.45, 2.75) is 26.9 Å². The van der Waals surface area contributed by atoms with Gasteiger partial charge in [-0.1, -0.05) is 0 Å². The molecule has 0 bridgehead atoms. The van der Waals surface area contributed by atoms with Crippen molar-refractivity contribution in [3.05, 3.63) is 36.2 Å². The molecule has 0 spiro atoms. The van der Waals surface area contributed by atoms with E-state index in [1.807, 2.05) is 32.9 Å². The standard InChI is InChI=1S/C18H20N6O3S/c1-10(2)26-12-5-6-14(20-8-12)16-23-17(28-24-16)22-15-11(3)7-13(9-21-15)27-18(25)19-4/h5-10H,1-4H3,(H,19,25)(H,21,22,23,24). The normalized spacial score (nSPS) is 10.6. The highest BCUT2D eigenvalue weighted by molar-refractivity contribution is 7.09. The summed E-state index contributed by atoms with van der Waals surface area (Å²) in [4.78, 5) is 24.3. The van der Waals surface area contributed by atoms with E-state index in [0.717, 1.165) is 5.56 Å². The van der Waals surface area contributed by atoms with Crippen LogP contribution in [0.1, 0.15) is 19.4 Å². The molecule has 10 heteroatoms. The Bertz CT molecular complexity index is 958. The minimum Gasteiger partial charge on any atom is -0.489 e. The van der Waals surface area contributed by atoms with Crippen molar-refractivity contribution in [1.82, 2.24) is 24.6 Å². The molecule has 3 aromatic rings. The van der Waals surface area contributed by atoms with Crippen LogP contribution < -0.4 is 20.1 Å². The van der Waals surface area contributed by atoms with E-state index in [1.54, 1.807) is 12.3 Å². The maximum atomic E-state index is 11.3. The SMILES string of the molecule is CNC(=O)Oc1cnc(Nc2nc(-c3ccc(OC(C)C)cn3)ns2)c(C)c1. The number of amides is 1. The van der Waals surface area contributed by atoms with Gasteiger partial charge in [-0.15, -0.1) is 0 Å². The maximum Gasteiger partial charge on any atom is 0.412 e. The Morgan fingerprint density at radius 1 is 1.18 bits per heavy atom. The van der Waals surface area contributed by atoms with E-state index in [-0.39, 0.29) is 6.10 Å². The second-order valence-electron chi connectivity index (χ2n) is 6.07. The second kappa shape index (κ2) is 8.61. The van der Waals surface area contributed by atoms with E-state index < -0.39 is 6.09 Å². The number of ether oxygens (including phenoxy) is 2. The summed E-state index contributed by atoms with van der Waals surface area (Å²) in [5.41, 5.74) is 1.45. The van der Waals surface area contributed by atoms with E-state index in [0.29, 0.717) is 34.0 Å². The van der Waals surface area contributed by atoms with Gasteiger partial charge in [-0.05, 0) is 44.5 Å². The number of aromatic nitrogens is 4. The van der Waals surface area contributed by atoms with Gasteiger partial charge < -0.3 is 20.1 Å². The van der Waals surface area contributed by atoms with Crippen LogP contribution in [-0.2, 0) is 0 Å². The van der Waals surface area contributed by atoms with E-state index in [4.69, 9.17) is 9.47 Å². The summed E-state index contributed by atoms with van der Waals surface area (Å²) < 4.78 is 15.0. The molecule has 0 atom stereocenters. The lowest BCUT2D eigenvalue weighted by Crippen LogP contribution is -2.22. The van der Waals surface area contributed by atoms with Crippen LogP contribution in [0.4, 0.5) is 15.7 Å². The molecular weight excluding hydrogens is 380 g/mol. The quantitative estimate of drug-likeness (QED) is 0.646. The van der Waals surface area contributed by atoms with Crippen LogP contribution in [0.15, 0.2) is 30.6 Å². The highest BCUT2D eigenvalue weighted by atomic mass is 32.1. The number of pyridine rings is 2. The topological polar surface area (TPSA) is 111 Å². The molecule has 0 saturated carbocycles. The molecule has 1 amide bonds. The van der Waals surface area contributed by atoms with E-state index in [1.165, 1.54) is 24.8 Å². The maximum absolute atomic E-state index is 11.3. The third-order valence-electron chi connectivity index (χ3n) is 3.46. The zero-order chi connectivity index (χ0) is 20.1. The Labute approximate surface area is 166 Å². The third kappa shape index (κ3) is 4.92. The van der Waals surface area contributed by atoms with Crippen molar-refractivity contribution in [3.63, 3.8) is 0 Å². The Morgan fingerprint density at radius 3 is 2.61 bits per heavy atom. The van der Waals surface area contributed by atoms with E-state index >= 15 is 0 Å². The molecule has 0 aliphatic heterocycles. The predicted molar refractivity (Wildman–Crippen MR) is 106 cm³/mol. The number of hydrogen-bond acceptors (Lipinski definition) is 9. The lowest BCUT2D eigenvalue weighted by Gasteiger charge is -2.08. The summed E-state index contributed by atoms with van der Waals surface area (Å²) >= 11 is 1.20. The molecule has 0 aromatic carbocycles. The van der Waals surface area contributed by atoms with Gasteiger partial charge >= 0.3 is 6.09 Å². The summed E-state index contributed by atoms with van der Waals surface area (Å²) in [5, 5.41) is 6.08. The number of carbonyl (C=O) groups is 1. The number of hydrogen-bond donors (Lipinski definition) is 2. The highest BCUT2D eigenvalue weighted by Gasteiger charge is 2.11. The zero-order valence-electron chi connectivity index (χ0n) is 15.9. The Morgan fingerprint density at radius 2 is 1.96 bits per heavy atom. The molecule has 0 unspecified atom stereocenters. The largest absolute Gasteiger partial charge is 0.489 e. The van der Waals surface area contributed by atoms with Gasteiger partial charge in [-0.2, -0.15) is 9.36 Å². The van der Waals surface area contributed by atoms with Gasteiger partial charge in [-0.3, -0.25) is 0 Å². The van der Waals surface area contributed by atoms with Gasteiger partial charge in [0.2, 0.25) is 5.13 Å². The van der Waals surface area contributed by atoms with Crippen LogP contribution in [0.2, 0.25) is 0 Å². The summed E-state index contributed by atoms with van der Waals surface area (Å²) in [7, 11) is 1.49. The number of nitrogens with one attached hydrogen (secondary N) is 2. The number of nitrogens with zero attached hydrogens (tertiary/aromatic N) is 4. The summed E-state index contributed by atoms with van der Waals surface area (Å²) in [6.07, 6.45) is 2.65. The van der Waals surface area contributed by atoms with Crippen molar-refractivity contribution in [2.24, 2.45) is 0 Å². The van der Waals surface area contributed by atoms with Gasteiger partial charge in [0.25, 0.3) is 0 Å². The Balaban J connectivity index is 1.70. The molecule has 3 heterocycles. The molecular formula is C18H20N6O3S. The monoisotopic (exact) mass is 400 g/mol. The lowest BCUT2D eigenvalue weighted by molar-refractivity contribution is 0.202. The molecule has 0 saturated heterocycles.